The molecule has 0 unspecified atom stereocenters. The van der Waals surface area contributed by atoms with Gasteiger partial charge in [0.15, 0.2) is 35.2 Å². The summed E-state index contributed by atoms with van der Waals surface area (Å²) in [5, 5.41) is 2.34. The van der Waals surface area contributed by atoms with E-state index in [-0.39, 0.29) is 35.2 Å². The van der Waals surface area contributed by atoms with Gasteiger partial charge in [0.05, 0.1) is 38.6 Å². The Balaban J connectivity index is 1.21. The fourth-order valence-corrected chi connectivity index (χ4v) is 12.4. The molecule has 19 nitrogen and oxygen atoms in total. The molecular formula is C60H75N5O14Si2. The van der Waals surface area contributed by atoms with E-state index in [1.165, 1.54) is 33.7 Å². The van der Waals surface area contributed by atoms with Crippen LogP contribution in [0.1, 0.15) is 87.5 Å². The van der Waals surface area contributed by atoms with E-state index in [4.69, 9.17) is 37.3 Å². The van der Waals surface area contributed by atoms with E-state index in [1.807, 2.05) is 113 Å². The molecule has 432 valence electrons. The van der Waals surface area contributed by atoms with Crippen LogP contribution < -0.4 is 37.3 Å². The third-order valence-corrected chi connectivity index (χ3v) is 25.3. The number of benzene rings is 4. The molecule has 0 saturated carbocycles. The van der Waals surface area contributed by atoms with Gasteiger partial charge in [-0.3, -0.25) is 33.5 Å². The molecule has 8 rings (SSSR count). The van der Waals surface area contributed by atoms with E-state index in [0.717, 1.165) is 16.7 Å². The number of hydrogen-bond donors (Lipinski definition) is 3. The van der Waals surface area contributed by atoms with Crippen molar-refractivity contribution >= 4 is 28.5 Å². The van der Waals surface area contributed by atoms with Crippen molar-refractivity contribution < 1.29 is 46.9 Å². The number of ether oxygens (including phenoxy) is 6. The zero-order chi connectivity index (χ0) is 58.7. The van der Waals surface area contributed by atoms with Crippen LogP contribution in [0.3, 0.4) is 0 Å². The highest BCUT2D eigenvalue weighted by Gasteiger charge is 2.55. The number of methoxy groups -OCH3 is 2. The lowest BCUT2D eigenvalue weighted by Crippen LogP contribution is -2.51. The van der Waals surface area contributed by atoms with Crippen molar-refractivity contribution in [3.05, 3.63) is 198 Å². The van der Waals surface area contributed by atoms with Crippen molar-refractivity contribution in [1.82, 2.24) is 24.4 Å². The fourth-order valence-electron chi connectivity index (χ4n) is 9.76. The van der Waals surface area contributed by atoms with Crippen molar-refractivity contribution in [1.29, 1.82) is 0 Å². The zero-order valence-electron chi connectivity index (χ0n) is 48.1. The molecular weight excluding hydrogens is 1070 g/mol. The number of rotatable bonds is 20. The minimum absolute atomic E-state index is 0.165. The molecule has 2 aliphatic heterocycles. The Morgan fingerprint density at radius 3 is 1.49 bits per heavy atom. The smallest absolute Gasteiger partial charge is 0.338 e. The van der Waals surface area contributed by atoms with Gasteiger partial charge in [-0.2, -0.15) is 0 Å². The maximum absolute atomic E-state index is 15.1. The summed E-state index contributed by atoms with van der Waals surface area (Å²) in [5.74, 6) is -0.752. The lowest BCUT2D eigenvalue weighted by atomic mass is 9.79. The predicted octanol–water partition coefficient (Wildman–Crippen LogP) is 8.04. The summed E-state index contributed by atoms with van der Waals surface area (Å²) in [6.45, 7) is 20.1. The predicted molar refractivity (Wildman–Crippen MR) is 310 cm³/mol. The number of nitrogens with one attached hydrogen (secondary N) is 3. The Morgan fingerprint density at radius 1 is 0.580 bits per heavy atom. The molecule has 3 N–H and O–H groups in total. The first kappa shape index (κ1) is 60.1. The molecule has 4 heterocycles. The molecule has 2 saturated heterocycles. The summed E-state index contributed by atoms with van der Waals surface area (Å²) in [4.78, 5) is 86.2. The molecule has 0 aliphatic carbocycles. The Hall–Kier alpha value is -6.99. The van der Waals surface area contributed by atoms with Gasteiger partial charge in [0.25, 0.3) is 11.1 Å². The Morgan fingerprint density at radius 2 is 1.02 bits per heavy atom. The number of nitrogens with zero attached hydrogens (tertiary/aromatic N) is 2. The molecule has 6 aromatic rings. The summed E-state index contributed by atoms with van der Waals surface area (Å²) in [6.07, 6.45) is -5.29. The third kappa shape index (κ3) is 13.0. The normalized spacial score (nSPS) is 21.6. The molecule has 2 fully saturated rings. The maximum Gasteiger partial charge on any atom is 0.338 e. The molecule has 21 heteroatoms. The topological polar surface area (TPSA) is 230 Å². The second-order valence-corrected chi connectivity index (χ2v) is 33.1. The van der Waals surface area contributed by atoms with Crippen LogP contribution in [0, 0.1) is 5.92 Å². The summed E-state index contributed by atoms with van der Waals surface area (Å²) in [6, 6.07) is 35.6. The number of amides is 1. The van der Waals surface area contributed by atoms with Gasteiger partial charge in [-0.25, -0.2) is 14.4 Å². The molecule has 0 radical (unpaired) electrons. The number of aromatic amines is 2. The molecule has 0 bridgehead atoms. The number of H-pyrrole nitrogens is 2. The number of carbonyl (C=O) groups excluding carboxylic acids is 2. The molecule has 81 heavy (non-hydrogen) atoms. The SMILES string of the molecule is COc1ccc(C(OC[C@H]2O[C@@H](n3ccc(=O)[nH]c3=O)[C@H](O[Si](C)(C)C(C)(C)C)[C@@H]2CC(=O)NC[C@H]2O[C@@H](n3ccc(=O)[nH]c3=O)[C@H](O[Si](C)(C)C(C)(C)C)[C@@H]2OC(=O)c2ccccc2)(c2ccccc2)c2ccc(OC)cc2)cc1. The lowest BCUT2D eigenvalue weighted by molar-refractivity contribution is -0.125. The molecule has 1 amide bonds. The van der Waals surface area contributed by atoms with E-state index >= 15 is 4.79 Å². The van der Waals surface area contributed by atoms with Crippen molar-refractivity contribution in [3.8, 4) is 11.5 Å². The highest BCUT2D eigenvalue weighted by molar-refractivity contribution is 6.74. The van der Waals surface area contributed by atoms with Gasteiger partial charge in [-0.15, -0.1) is 0 Å². The Labute approximate surface area is 473 Å². The van der Waals surface area contributed by atoms with Crippen LogP contribution in [0.2, 0.25) is 36.3 Å². The Bertz CT molecular complexity index is 3320. The third-order valence-electron chi connectivity index (χ3n) is 16.3. The van der Waals surface area contributed by atoms with E-state index < -0.39 is 106 Å². The van der Waals surface area contributed by atoms with Crippen molar-refractivity contribution in [2.75, 3.05) is 27.4 Å². The Kier molecular flexibility index (Phi) is 18.0. The van der Waals surface area contributed by atoms with Gasteiger partial charge >= 0.3 is 17.3 Å². The summed E-state index contributed by atoms with van der Waals surface area (Å²) < 4.78 is 55.4. The number of carbonyl (C=O) groups is 2. The van der Waals surface area contributed by atoms with Gasteiger partial charge in [-0.05, 0) is 89.4 Å². The van der Waals surface area contributed by atoms with Gasteiger partial charge in [0.1, 0.15) is 29.3 Å². The molecule has 2 aromatic heterocycles. The highest BCUT2D eigenvalue weighted by atomic mass is 28.4. The fraction of sp³-hybridized carbons (Fsp3) is 0.433. The minimum Gasteiger partial charge on any atom is -0.497 e. The van der Waals surface area contributed by atoms with Crippen LogP contribution in [-0.2, 0) is 38.2 Å². The van der Waals surface area contributed by atoms with Gasteiger partial charge in [-0.1, -0.05) is 114 Å². The first-order valence-electron chi connectivity index (χ1n) is 27.1. The minimum atomic E-state index is -2.81. The second-order valence-electron chi connectivity index (χ2n) is 23.6. The van der Waals surface area contributed by atoms with Crippen molar-refractivity contribution in [3.63, 3.8) is 0 Å². The molecule has 8 atom stereocenters. The van der Waals surface area contributed by atoms with Crippen molar-refractivity contribution in [2.45, 2.75) is 133 Å². The van der Waals surface area contributed by atoms with Crippen LogP contribution >= 0.6 is 0 Å². The molecule has 0 spiro atoms. The van der Waals surface area contributed by atoms with Gasteiger partial charge < -0.3 is 42.6 Å². The second kappa shape index (κ2) is 24.2. The highest BCUT2D eigenvalue weighted by Crippen LogP contribution is 2.48. The average Bonchev–Trinajstić information content (AvgIpc) is 4.06. The van der Waals surface area contributed by atoms with Crippen LogP contribution in [0.4, 0.5) is 0 Å². The molecule has 2 aliphatic rings. The maximum atomic E-state index is 15.1. The summed E-state index contributed by atoms with van der Waals surface area (Å²) in [7, 11) is -2.39. The number of hydrogen-bond acceptors (Lipinski definition) is 14. The van der Waals surface area contributed by atoms with E-state index in [2.05, 4.69) is 49.1 Å². The van der Waals surface area contributed by atoms with Gasteiger partial charge in [0, 0.05) is 43.4 Å². The summed E-state index contributed by atoms with van der Waals surface area (Å²) >= 11 is 0. The van der Waals surface area contributed by atoms with E-state index in [0.29, 0.717) is 11.5 Å². The monoisotopic (exact) mass is 1150 g/mol. The van der Waals surface area contributed by atoms with Gasteiger partial charge in [0.2, 0.25) is 5.91 Å². The number of esters is 1. The summed E-state index contributed by atoms with van der Waals surface area (Å²) in [5.41, 5.74) is -1.56. The average molecular weight is 1150 g/mol. The van der Waals surface area contributed by atoms with Crippen LogP contribution in [0.25, 0.3) is 0 Å². The van der Waals surface area contributed by atoms with E-state index in [1.54, 1.807) is 44.6 Å². The van der Waals surface area contributed by atoms with Crippen LogP contribution in [-0.4, -0.2) is 106 Å². The van der Waals surface area contributed by atoms with Crippen molar-refractivity contribution in [2.24, 2.45) is 5.92 Å². The standard InChI is InChI=1S/C60H75N5O14Si2/c1-58(2,3)80(9,10)78-50-44(35-49(68)61-36-45-51(77-55(69)38-19-15-13-16-20-38)52(79-81(11,12)59(4,5)6)54(75-45)65-34-32-48(67)63-57(65)71)46(76-53(50)64-33-31-47(66)62-56(64)70)37-74-60(39-21-17-14-18-22-39,40-23-27-42(72-7)28-24-40)41-25-29-43(73-8)30-26-41/h13-34,44-46,50-54H,35-37H2,1-12H3,(H,61,68)(H,62,66,70)(H,63,67,71)/t44-,45-,46-,50-,51-,52-,53-,54-/m1/s1. The quantitative estimate of drug-likeness (QED) is 0.0373. The first-order chi connectivity index (χ1) is 38.3. The van der Waals surface area contributed by atoms with Crippen LogP contribution in [0.15, 0.2) is 153 Å². The van der Waals surface area contributed by atoms with Crippen LogP contribution in [0.5, 0.6) is 11.5 Å². The largest absolute Gasteiger partial charge is 0.497 e. The first-order valence-corrected chi connectivity index (χ1v) is 32.9. The lowest BCUT2D eigenvalue weighted by Gasteiger charge is -2.41. The molecule has 4 aromatic carbocycles. The zero-order valence-corrected chi connectivity index (χ0v) is 50.1. The number of aromatic nitrogens is 4. The van der Waals surface area contributed by atoms with E-state index in [9.17, 15) is 24.0 Å².